The average molecular weight is 280 g/mol. The Morgan fingerprint density at radius 1 is 1.35 bits per heavy atom. The van der Waals surface area contributed by atoms with E-state index in [0.717, 1.165) is 0 Å². The molecule has 1 heterocycles. The SMILES string of the molecule is CC(CC(N)=O)NC(=O)c1nc(C(C)C)ncc1NN. The summed E-state index contributed by atoms with van der Waals surface area (Å²) in [7, 11) is 0. The molecule has 0 aliphatic carbocycles. The Balaban J connectivity index is 2.95. The Morgan fingerprint density at radius 2 is 2.00 bits per heavy atom. The lowest BCUT2D eigenvalue weighted by Crippen LogP contribution is -2.37. The van der Waals surface area contributed by atoms with Crippen LogP contribution in [0.1, 0.15) is 49.4 Å². The van der Waals surface area contributed by atoms with Crippen LogP contribution in [0.15, 0.2) is 6.20 Å². The standard InChI is InChI=1S/C12H20N6O2/c1-6(2)11-15-5-8(18-14)10(17-11)12(20)16-7(3)4-9(13)19/h5-7,18H,4,14H2,1-3H3,(H2,13,19)(H,16,20). The number of rotatable bonds is 6. The third kappa shape index (κ3) is 4.16. The number of anilines is 1. The highest BCUT2D eigenvalue weighted by Crippen LogP contribution is 2.15. The summed E-state index contributed by atoms with van der Waals surface area (Å²) in [6.07, 6.45) is 1.51. The van der Waals surface area contributed by atoms with Gasteiger partial charge in [0.25, 0.3) is 5.91 Å². The van der Waals surface area contributed by atoms with E-state index in [9.17, 15) is 9.59 Å². The number of hydrazine groups is 1. The average Bonchev–Trinajstić information content (AvgIpc) is 2.36. The van der Waals surface area contributed by atoms with E-state index in [4.69, 9.17) is 11.6 Å². The highest BCUT2D eigenvalue weighted by atomic mass is 16.2. The Kier molecular flexibility index (Phi) is 5.39. The van der Waals surface area contributed by atoms with Crippen LogP contribution in [0.4, 0.5) is 5.69 Å². The summed E-state index contributed by atoms with van der Waals surface area (Å²) < 4.78 is 0. The van der Waals surface area contributed by atoms with E-state index >= 15 is 0 Å². The third-order valence-electron chi connectivity index (χ3n) is 2.58. The number of carbonyl (C=O) groups excluding carboxylic acids is 2. The first-order chi connectivity index (χ1) is 9.35. The van der Waals surface area contributed by atoms with Crippen molar-refractivity contribution in [2.75, 3.05) is 5.43 Å². The van der Waals surface area contributed by atoms with E-state index in [-0.39, 0.29) is 24.1 Å². The molecule has 1 unspecified atom stereocenters. The minimum Gasteiger partial charge on any atom is -0.370 e. The van der Waals surface area contributed by atoms with Crippen molar-refractivity contribution in [2.45, 2.75) is 39.2 Å². The molecule has 8 nitrogen and oxygen atoms in total. The molecule has 1 atom stereocenters. The van der Waals surface area contributed by atoms with Gasteiger partial charge in [0.05, 0.1) is 11.9 Å². The summed E-state index contributed by atoms with van der Waals surface area (Å²) in [5.74, 6) is 5.04. The van der Waals surface area contributed by atoms with Crippen LogP contribution in [0, 0.1) is 0 Å². The second-order valence-corrected chi connectivity index (χ2v) is 4.83. The highest BCUT2D eigenvalue weighted by molar-refractivity contribution is 5.97. The Bertz CT molecular complexity index is 503. The minimum absolute atomic E-state index is 0.0548. The minimum atomic E-state index is -0.486. The summed E-state index contributed by atoms with van der Waals surface area (Å²) in [4.78, 5) is 31.3. The number of aromatic nitrogens is 2. The van der Waals surface area contributed by atoms with Crippen LogP contribution < -0.4 is 22.3 Å². The van der Waals surface area contributed by atoms with Crippen LogP contribution in [0.2, 0.25) is 0 Å². The maximum absolute atomic E-state index is 12.1. The molecular formula is C12H20N6O2. The second-order valence-electron chi connectivity index (χ2n) is 4.83. The molecule has 0 aliphatic rings. The molecule has 0 spiro atoms. The lowest BCUT2D eigenvalue weighted by atomic mass is 10.2. The molecule has 1 rings (SSSR count). The predicted octanol–water partition coefficient (Wildman–Crippen LogP) is -0.121. The van der Waals surface area contributed by atoms with Gasteiger partial charge >= 0.3 is 0 Å². The summed E-state index contributed by atoms with van der Waals surface area (Å²) in [6, 6.07) is -0.386. The van der Waals surface area contributed by atoms with E-state index in [1.807, 2.05) is 13.8 Å². The van der Waals surface area contributed by atoms with Gasteiger partial charge in [0, 0.05) is 18.4 Å². The Hall–Kier alpha value is -2.22. The number of hydrogen-bond acceptors (Lipinski definition) is 6. The molecule has 6 N–H and O–H groups in total. The van der Waals surface area contributed by atoms with Gasteiger partial charge in [-0.1, -0.05) is 13.8 Å². The zero-order chi connectivity index (χ0) is 15.3. The van der Waals surface area contributed by atoms with Crippen LogP contribution in [-0.2, 0) is 4.79 Å². The molecule has 1 aromatic heterocycles. The summed E-state index contributed by atoms with van der Waals surface area (Å²) in [5.41, 5.74) is 7.92. The maximum atomic E-state index is 12.1. The fourth-order valence-electron chi connectivity index (χ4n) is 1.60. The molecule has 2 amide bonds. The van der Waals surface area contributed by atoms with Gasteiger partial charge in [-0.05, 0) is 6.92 Å². The number of nitrogens with one attached hydrogen (secondary N) is 2. The summed E-state index contributed by atoms with van der Waals surface area (Å²) in [5, 5.41) is 2.64. The molecule has 110 valence electrons. The van der Waals surface area contributed by atoms with Crippen LogP contribution in [0.3, 0.4) is 0 Å². The first kappa shape index (κ1) is 15.8. The van der Waals surface area contributed by atoms with Gasteiger partial charge in [-0.25, -0.2) is 9.97 Å². The topological polar surface area (TPSA) is 136 Å². The van der Waals surface area contributed by atoms with E-state index in [0.29, 0.717) is 11.5 Å². The fraction of sp³-hybridized carbons (Fsp3) is 0.500. The van der Waals surface area contributed by atoms with Crippen molar-refractivity contribution in [3.63, 3.8) is 0 Å². The molecule has 0 saturated heterocycles. The number of nitrogen functional groups attached to an aromatic ring is 1. The van der Waals surface area contributed by atoms with Gasteiger partial charge < -0.3 is 16.5 Å². The van der Waals surface area contributed by atoms with Crippen molar-refractivity contribution < 1.29 is 9.59 Å². The van der Waals surface area contributed by atoms with Crippen LogP contribution in [0.5, 0.6) is 0 Å². The van der Waals surface area contributed by atoms with Gasteiger partial charge in [-0.3, -0.25) is 15.4 Å². The van der Waals surface area contributed by atoms with Crippen molar-refractivity contribution in [3.8, 4) is 0 Å². The van der Waals surface area contributed by atoms with E-state index in [2.05, 4.69) is 20.7 Å². The lowest BCUT2D eigenvalue weighted by Gasteiger charge is -2.14. The van der Waals surface area contributed by atoms with Gasteiger partial charge in [-0.15, -0.1) is 0 Å². The quantitative estimate of drug-likeness (QED) is 0.423. The summed E-state index contributed by atoms with van der Waals surface area (Å²) >= 11 is 0. The number of primary amides is 1. The molecule has 1 aromatic rings. The number of hydrogen-bond donors (Lipinski definition) is 4. The van der Waals surface area contributed by atoms with Gasteiger partial charge in [-0.2, -0.15) is 0 Å². The van der Waals surface area contributed by atoms with Crippen molar-refractivity contribution in [2.24, 2.45) is 11.6 Å². The molecular weight excluding hydrogens is 260 g/mol. The molecule has 0 aliphatic heterocycles. The zero-order valence-electron chi connectivity index (χ0n) is 11.8. The monoisotopic (exact) mass is 280 g/mol. The van der Waals surface area contributed by atoms with Gasteiger partial charge in [0.2, 0.25) is 5.91 Å². The Labute approximate surface area is 117 Å². The highest BCUT2D eigenvalue weighted by Gasteiger charge is 2.18. The smallest absolute Gasteiger partial charge is 0.272 e. The molecule has 0 radical (unpaired) electrons. The molecule has 0 saturated carbocycles. The number of amides is 2. The lowest BCUT2D eigenvalue weighted by molar-refractivity contribution is -0.118. The molecule has 20 heavy (non-hydrogen) atoms. The molecule has 8 heteroatoms. The Morgan fingerprint density at radius 3 is 2.50 bits per heavy atom. The number of nitrogens with two attached hydrogens (primary N) is 2. The normalized spacial score (nSPS) is 12.1. The molecule has 0 bridgehead atoms. The molecule has 0 fully saturated rings. The largest absolute Gasteiger partial charge is 0.370 e. The second kappa shape index (κ2) is 6.80. The predicted molar refractivity (Wildman–Crippen MR) is 74.7 cm³/mol. The number of carbonyl (C=O) groups is 2. The van der Waals surface area contributed by atoms with Crippen molar-refractivity contribution in [1.82, 2.24) is 15.3 Å². The molecule has 0 aromatic carbocycles. The van der Waals surface area contributed by atoms with Gasteiger partial charge in [0.1, 0.15) is 5.82 Å². The van der Waals surface area contributed by atoms with Crippen molar-refractivity contribution >= 4 is 17.5 Å². The van der Waals surface area contributed by atoms with Crippen molar-refractivity contribution in [1.29, 1.82) is 0 Å². The fourth-order valence-corrected chi connectivity index (χ4v) is 1.60. The van der Waals surface area contributed by atoms with Crippen LogP contribution in [0.25, 0.3) is 0 Å². The number of nitrogens with zero attached hydrogens (tertiary/aromatic N) is 2. The summed E-state index contributed by atoms with van der Waals surface area (Å²) in [6.45, 7) is 5.52. The first-order valence-electron chi connectivity index (χ1n) is 6.27. The maximum Gasteiger partial charge on any atom is 0.272 e. The van der Waals surface area contributed by atoms with E-state index in [1.165, 1.54) is 6.20 Å². The van der Waals surface area contributed by atoms with Gasteiger partial charge in [0.15, 0.2) is 5.69 Å². The van der Waals surface area contributed by atoms with Crippen LogP contribution >= 0.6 is 0 Å². The first-order valence-corrected chi connectivity index (χ1v) is 6.27. The van der Waals surface area contributed by atoms with Crippen LogP contribution in [-0.4, -0.2) is 27.8 Å². The zero-order valence-corrected chi connectivity index (χ0v) is 11.8. The third-order valence-corrected chi connectivity index (χ3v) is 2.58. The van der Waals surface area contributed by atoms with E-state index < -0.39 is 11.8 Å². The van der Waals surface area contributed by atoms with Crippen molar-refractivity contribution in [3.05, 3.63) is 17.7 Å². The van der Waals surface area contributed by atoms with E-state index in [1.54, 1.807) is 6.92 Å².